The number of aromatic carboxylic acids is 1. The van der Waals surface area contributed by atoms with Crippen molar-refractivity contribution in [1.82, 2.24) is 9.55 Å². The third-order valence-electron chi connectivity index (χ3n) is 3.09. The van der Waals surface area contributed by atoms with E-state index in [9.17, 15) is 9.59 Å². The summed E-state index contributed by atoms with van der Waals surface area (Å²) < 4.78 is 7.37. The smallest absolute Gasteiger partial charge is 0.371 e. The third-order valence-corrected chi connectivity index (χ3v) is 4.24. The first-order valence-electron chi connectivity index (χ1n) is 5.87. The molecule has 2 aromatic rings. The SMILES string of the molecule is Cc1nc(=O)n(Cc2cc(C(=O)O)oc2C)c(C)c1Br. The number of furan rings is 1. The van der Waals surface area contributed by atoms with Crippen molar-refractivity contribution in [2.75, 3.05) is 0 Å². The fourth-order valence-electron chi connectivity index (χ4n) is 1.92. The Morgan fingerprint density at radius 1 is 1.45 bits per heavy atom. The molecule has 0 aliphatic heterocycles. The van der Waals surface area contributed by atoms with Crippen LogP contribution in [0.3, 0.4) is 0 Å². The molecule has 1 N–H and O–H groups in total. The molecule has 2 aromatic heterocycles. The van der Waals surface area contributed by atoms with Crippen LogP contribution >= 0.6 is 15.9 Å². The van der Waals surface area contributed by atoms with E-state index in [1.165, 1.54) is 10.6 Å². The van der Waals surface area contributed by atoms with Crippen molar-refractivity contribution >= 4 is 21.9 Å². The van der Waals surface area contributed by atoms with Gasteiger partial charge in [-0.2, -0.15) is 4.98 Å². The van der Waals surface area contributed by atoms with E-state index in [1.807, 2.05) is 0 Å². The van der Waals surface area contributed by atoms with Gasteiger partial charge in [0.1, 0.15) is 5.76 Å². The van der Waals surface area contributed by atoms with Crippen LogP contribution in [0.25, 0.3) is 0 Å². The van der Waals surface area contributed by atoms with E-state index < -0.39 is 5.97 Å². The van der Waals surface area contributed by atoms with Gasteiger partial charge in [0.05, 0.1) is 16.7 Å². The number of hydrogen-bond donors (Lipinski definition) is 1. The number of hydrogen-bond acceptors (Lipinski definition) is 4. The summed E-state index contributed by atoms with van der Waals surface area (Å²) in [5, 5.41) is 8.90. The Hall–Kier alpha value is -1.89. The highest BCUT2D eigenvalue weighted by Gasteiger charge is 2.16. The Kier molecular flexibility index (Phi) is 3.80. The van der Waals surface area contributed by atoms with E-state index >= 15 is 0 Å². The second kappa shape index (κ2) is 5.24. The molecule has 0 atom stereocenters. The summed E-state index contributed by atoms with van der Waals surface area (Å²) in [7, 11) is 0. The van der Waals surface area contributed by atoms with Crippen molar-refractivity contribution in [3.8, 4) is 0 Å². The third kappa shape index (κ3) is 2.53. The Labute approximate surface area is 123 Å². The average molecular weight is 341 g/mol. The monoisotopic (exact) mass is 340 g/mol. The molecule has 0 unspecified atom stereocenters. The van der Waals surface area contributed by atoms with E-state index in [-0.39, 0.29) is 18.0 Å². The van der Waals surface area contributed by atoms with Gasteiger partial charge in [0, 0.05) is 11.3 Å². The second-order valence-electron chi connectivity index (χ2n) is 4.46. The molecule has 0 saturated carbocycles. The number of nitrogens with zero attached hydrogens (tertiary/aromatic N) is 2. The van der Waals surface area contributed by atoms with Crippen molar-refractivity contribution in [3.05, 3.63) is 49.5 Å². The number of rotatable bonds is 3. The first-order chi connectivity index (χ1) is 9.31. The van der Waals surface area contributed by atoms with E-state index in [0.29, 0.717) is 17.0 Å². The standard InChI is InChI=1S/C13H13BrN2O4/c1-6-11(14)7(2)16(13(19)15-6)5-9-4-10(12(17)18)20-8(9)3/h4H,5H2,1-3H3,(H,17,18). The van der Waals surface area contributed by atoms with Crippen LogP contribution in [0.5, 0.6) is 0 Å². The van der Waals surface area contributed by atoms with E-state index in [2.05, 4.69) is 20.9 Å². The van der Waals surface area contributed by atoms with E-state index in [1.54, 1.807) is 20.8 Å². The molecule has 0 bridgehead atoms. The minimum absolute atomic E-state index is 0.137. The summed E-state index contributed by atoms with van der Waals surface area (Å²) in [6, 6.07) is 1.43. The first kappa shape index (κ1) is 14.5. The molecule has 7 heteroatoms. The zero-order valence-corrected chi connectivity index (χ0v) is 12.8. The van der Waals surface area contributed by atoms with Gasteiger partial charge in [-0.25, -0.2) is 9.59 Å². The zero-order chi connectivity index (χ0) is 15.0. The number of aryl methyl sites for hydroxylation is 2. The van der Waals surface area contributed by atoms with Crippen LogP contribution in [0.2, 0.25) is 0 Å². The molecule has 0 aliphatic rings. The van der Waals surface area contributed by atoms with Crippen LogP contribution in [-0.2, 0) is 6.54 Å². The molecule has 2 heterocycles. The first-order valence-corrected chi connectivity index (χ1v) is 6.66. The van der Waals surface area contributed by atoms with Crippen LogP contribution in [0.4, 0.5) is 0 Å². The lowest BCUT2D eigenvalue weighted by atomic mass is 10.2. The maximum absolute atomic E-state index is 12.0. The Morgan fingerprint density at radius 2 is 2.10 bits per heavy atom. The fourth-order valence-corrected chi connectivity index (χ4v) is 2.22. The molecule has 0 aromatic carbocycles. The van der Waals surface area contributed by atoms with E-state index in [0.717, 1.165) is 10.2 Å². The van der Waals surface area contributed by atoms with Crippen molar-refractivity contribution in [3.63, 3.8) is 0 Å². The summed E-state index contributed by atoms with van der Waals surface area (Å²) in [6.07, 6.45) is 0. The largest absolute Gasteiger partial charge is 0.475 e. The quantitative estimate of drug-likeness (QED) is 0.926. The van der Waals surface area contributed by atoms with E-state index in [4.69, 9.17) is 9.52 Å². The zero-order valence-electron chi connectivity index (χ0n) is 11.2. The van der Waals surface area contributed by atoms with Crippen LogP contribution in [-0.4, -0.2) is 20.6 Å². The topological polar surface area (TPSA) is 85.3 Å². The maximum Gasteiger partial charge on any atom is 0.371 e. The molecule has 106 valence electrons. The lowest BCUT2D eigenvalue weighted by Gasteiger charge is -2.11. The molecule has 0 saturated heterocycles. The van der Waals surface area contributed by atoms with Crippen molar-refractivity contribution in [2.24, 2.45) is 0 Å². The highest BCUT2D eigenvalue weighted by molar-refractivity contribution is 9.10. The maximum atomic E-state index is 12.0. The van der Waals surface area contributed by atoms with Gasteiger partial charge in [-0.05, 0) is 42.8 Å². The molecule has 0 fully saturated rings. The highest BCUT2D eigenvalue weighted by Crippen LogP contribution is 2.20. The van der Waals surface area contributed by atoms with Crippen LogP contribution in [0.15, 0.2) is 19.8 Å². The van der Waals surface area contributed by atoms with Crippen molar-refractivity contribution in [2.45, 2.75) is 27.3 Å². The minimum atomic E-state index is -1.13. The molecule has 6 nitrogen and oxygen atoms in total. The van der Waals surface area contributed by atoms with Crippen LogP contribution in [0, 0.1) is 20.8 Å². The van der Waals surface area contributed by atoms with Crippen LogP contribution in [0.1, 0.15) is 33.3 Å². The molecular weight excluding hydrogens is 328 g/mol. The highest BCUT2D eigenvalue weighted by atomic mass is 79.9. The molecule has 20 heavy (non-hydrogen) atoms. The summed E-state index contributed by atoms with van der Waals surface area (Å²) in [5.74, 6) is -0.792. The Bertz CT molecular complexity index is 746. The predicted octanol–water partition coefficient (Wildman–Crippen LogP) is 2.27. The van der Waals surface area contributed by atoms with Gasteiger partial charge in [0.15, 0.2) is 0 Å². The van der Waals surface area contributed by atoms with Crippen molar-refractivity contribution < 1.29 is 14.3 Å². The molecular formula is C13H13BrN2O4. The minimum Gasteiger partial charge on any atom is -0.475 e. The van der Waals surface area contributed by atoms with Gasteiger partial charge in [-0.3, -0.25) is 4.57 Å². The number of carboxylic acid groups (broad SMARTS) is 1. The van der Waals surface area contributed by atoms with Gasteiger partial charge < -0.3 is 9.52 Å². The van der Waals surface area contributed by atoms with Gasteiger partial charge in [-0.1, -0.05) is 0 Å². The molecule has 0 spiro atoms. The van der Waals surface area contributed by atoms with Crippen LogP contribution < -0.4 is 5.69 Å². The van der Waals surface area contributed by atoms with Gasteiger partial charge >= 0.3 is 11.7 Å². The predicted molar refractivity (Wildman–Crippen MR) is 75.2 cm³/mol. The normalized spacial score (nSPS) is 10.8. The van der Waals surface area contributed by atoms with Gasteiger partial charge in [0.25, 0.3) is 0 Å². The molecule has 0 aliphatic carbocycles. The summed E-state index contributed by atoms with van der Waals surface area (Å²) in [5.41, 5.74) is 1.63. The molecule has 0 amide bonds. The van der Waals surface area contributed by atoms with Gasteiger partial charge in [0.2, 0.25) is 5.76 Å². The molecule has 0 radical (unpaired) electrons. The molecule has 2 rings (SSSR count). The summed E-state index contributed by atoms with van der Waals surface area (Å²) >= 11 is 3.38. The number of carboxylic acids is 1. The lowest BCUT2D eigenvalue weighted by molar-refractivity contribution is 0.0661. The van der Waals surface area contributed by atoms with Gasteiger partial charge in [-0.15, -0.1) is 0 Å². The lowest BCUT2D eigenvalue weighted by Crippen LogP contribution is -2.27. The second-order valence-corrected chi connectivity index (χ2v) is 5.26. The fraction of sp³-hybridized carbons (Fsp3) is 0.308. The summed E-state index contributed by atoms with van der Waals surface area (Å²) in [4.78, 5) is 26.7. The Morgan fingerprint density at radius 3 is 2.65 bits per heavy atom. The number of halogens is 1. The summed E-state index contributed by atoms with van der Waals surface area (Å²) in [6.45, 7) is 5.43. The van der Waals surface area contributed by atoms with Crippen molar-refractivity contribution in [1.29, 1.82) is 0 Å². The average Bonchev–Trinajstić information content (AvgIpc) is 2.74. The number of aromatic nitrogens is 2. The number of carbonyl (C=O) groups is 1. The Balaban J connectivity index is 2.48.